The van der Waals surface area contributed by atoms with Gasteiger partial charge in [-0.05, 0) is 20.4 Å². The molecule has 0 aromatic carbocycles. The Bertz CT molecular complexity index is 615. The Morgan fingerprint density at radius 2 is 2.05 bits per heavy atom. The van der Waals surface area contributed by atoms with E-state index in [0.29, 0.717) is 11.8 Å². The molecule has 0 bridgehead atoms. The second kappa shape index (κ2) is 6.58. The van der Waals surface area contributed by atoms with E-state index in [1.165, 1.54) is 0 Å². The van der Waals surface area contributed by atoms with Crippen LogP contribution in [0, 0.1) is 0 Å². The predicted molar refractivity (Wildman–Crippen MR) is 87.2 cm³/mol. The van der Waals surface area contributed by atoms with E-state index >= 15 is 0 Å². The average molecular weight is 303 g/mol. The fraction of sp³-hybridized carbons (Fsp3) is 0.667. The van der Waals surface area contributed by atoms with E-state index in [4.69, 9.17) is 0 Å². The van der Waals surface area contributed by atoms with Crippen LogP contribution in [-0.4, -0.2) is 75.2 Å². The van der Waals surface area contributed by atoms with Gasteiger partial charge in [0.1, 0.15) is 12.1 Å². The molecule has 0 amide bonds. The van der Waals surface area contributed by atoms with Crippen LogP contribution in [0.1, 0.15) is 19.5 Å². The van der Waals surface area contributed by atoms with Gasteiger partial charge in [0.05, 0.1) is 0 Å². The summed E-state index contributed by atoms with van der Waals surface area (Å²) in [6.45, 7) is 9.83. The Hall–Kier alpha value is -1.73. The Kier molecular flexibility index (Phi) is 4.54. The molecule has 0 saturated carbocycles. The fourth-order valence-corrected chi connectivity index (χ4v) is 2.81. The van der Waals surface area contributed by atoms with E-state index < -0.39 is 0 Å². The maximum atomic E-state index is 4.47. The molecule has 120 valence electrons. The zero-order valence-corrected chi connectivity index (χ0v) is 13.7. The number of fused-ring (bicyclic) bond motifs is 1. The van der Waals surface area contributed by atoms with Gasteiger partial charge in [0.25, 0.3) is 5.78 Å². The SMILES string of the molecule is CCc1cc(NCC(C)N2CCN(C)CC2)n2ncnc2n1. The lowest BCUT2D eigenvalue weighted by molar-refractivity contribution is 0.123. The smallest absolute Gasteiger partial charge is 0.254 e. The molecule has 1 saturated heterocycles. The maximum absolute atomic E-state index is 4.47. The monoisotopic (exact) mass is 303 g/mol. The van der Waals surface area contributed by atoms with E-state index in [2.05, 4.69) is 57.1 Å². The lowest BCUT2D eigenvalue weighted by Gasteiger charge is -2.36. The first-order valence-corrected chi connectivity index (χ1v) is 8.03. The molecule has 3 heterocycles. The van der Waals surface area contributed by atoms with Crippen molar-refractivity contribution in [2.24, 2.45) is 0 Å². The molecule has 0 spiro atoms. The topological polar surface area (TPSA) is 61.6 Å². The summed E-state index contributed by atoms with van der Waals surface area (Å²) < 4.78 is 1.77. The van der Waals surface area contributed by atoms with E-state index in [-0.39, 0.29) is 0 Å². The summed E-state index contributed by atoms with van der Waals surface area (Å²) >= 11 is 0. The summed E-state index contributed by atoms with van der Waals surface area (Å²) in [7, 11) is 2.19. The highest BCUT2D eigenvalue weighted by Crippen LogP contribution is 2.12. The molecule has 1 aliphatic rings. The molecular weight excluding hydrogens is 278 g/mol. The Morgan fingerprint density at radius 3 is 2.77 bits per heavy atom. The number of nitrogens with one attached hydrogen (secondary N) is 1. The number of hydrogen-bond donors (Lipinski definition) is 1. The highest BCUT2D eigenvalue weighted by molar-refractivity contribution is 5.45. The van der Waals surface area contributed by atoms with Gasteiger partial charge in [-0.25, -0.2) is 4.98 Å². The maximum Gasteiger partial charge on any atom is 0.254 e. The van der Waals surface area contributed by atoms with Gasteiger partial charge in [0, 0.05) is 50.5 Å². The van der Waals surface area contributed by atoms with Crippen LogP contribution in [0.5, 0.6) is 0 Å². The van der Waals surface area contributed by atoms with Crippen LogP contribution in [0.15, 0.2) is 12.4 Å². The van der Waals surface area contributed by atoms with Crippen molar-refractivity contribution in [1.29, 1.82) is 0 Å². The lowest BCUT2D eigenvalue weighted by Crippen LogP contribution is -2.50. The first-order valence-electron chi connectivity index (χ1n) is 8.03. The van der Waals surface area contributed by atoms with Crippen LogP contribution in [0.4, 0.5) is 5.82 Å². The molecule has 1 atom stereocenters. The van der Waals surface area contributed by atoms with Gasteiger partial charge in [-0.1, -0.05) is 6.92 Å². The van der Waals surface area contributed by atoms with Crippen LogP contribution in [0.25, 0.3) is 5.78 Å². The van der Waals surface area contributed by atoms with E-state index in [1.807, 2.05) is 0 Å². The third kappa shape index (κ3) is 3.20. The zero-order valence-electron chi connectivity index (χ0n) is 13.7. The molecule has 22 heavy (non-hydrogen) atoms. The number of aromatic nitrogens is 4. The van der Waals surface area contributed by atoms with Crippen molar-refractivity contribution < 1.29 is 0 Å². The summed E-state index contributed by atoms with van der Waals surface area (Å²) in [6.07, 6.45) is 2.45. The van der Waals surface area contributed by atoms with Gasteiger partial charge in [0.15, 0.2) is 0 Å². The molecular formula is C15H25N7. The standard InChI is InChI=1S/C15H25N7/c1-4-13-9-14(22-15(19-13)17-11-18-22)16-10-12(2)21-7-5-20(3)6-8-21/h9,11-12,16H,4-8,10H2,1-3H3. The summed E-state index contributed by atoms with van der Waals surface area (Å²) in [4.78, 5) is 13.6. The van der Waals surface area contributed by atoms with Crippen LogP contribution < -0.4 is 5.32 Å². The van der Waals surface area contributed by atoms with Gasteiger partial charge in [0.2, 0.25) is 0 Å². The Balaban J connectivity index is 1.67. The molecule has 3 rings (SSSR count). The van der Waals surface area contributed by atoms with Gasteiger partial charge >= 0.3 is 0 Å². The van der Waals surface area contributed by atoms with Crippen molar-refractivity contribution in [1.82, 2.24) is 29.4 Å². The average Bonchev–Trinajstić information content (AvgIpc) is 3.01. The van der Waals surface area contributed by atoms with Crippen LogP contribution in [0.2, 0.25) is 0 Å². The number of piperazine rings is 1. The summed E-state index contributed by atoms with van der Waals surface area (Å²) in [5.41, 5.74) is 1.04. The minimum Gasteiger partial charge on any atom is -0.368 e. The number of rotatable bonds is 5. The van der Waals surface area contributed by atoms with E-state index in [1.54, 1.807) is 10.8 Å². The second-order valence-electron chi connectivity index (χ2n) is 6.03. The minimum absolute atomic E-state index is 0.491. The molecule has 2 aromatic rings. The second-order valence-corrected chi connectivity index (χ2v) is 6.03. The third-order valence-corrected chi connectivity index (χ3v) is 4.41. The minimum atomic E-state index is 0.491. The molecule has 0 aliphatic carbocycles. The number of aryl methyl sites for hydroxylation is 1. The van der Waals surface area contributed by atoms with Gasteiger partial charge in [-0.2, -0.15) is 14.6 Å². The molecule has 1 aliphatic heterocycles. The van der Waals surface area contributed by atoms with Gasteiger partial charge in [-0.3, -0.25) is 4.90 Å². The molecule has 1 fully saturated rings. The molecule has 7 nitrogen and oxygen atoms in total. The summed E-state index contributed by atoms with van der Waals surface area (Å²) in [5.74, 6) is 1.63. The quantitative estimate of drug-likeness (QED) is 0.879. The van der Waals surface area contributed by atoms with Crippen molar-refractivity contribution in [3.05, 3.63) is 18.1 Å². The molecule has 2 aromatic heterocycles. The van der Waals surface area contributed by atoms with Crippen molar-refractivity contribution in [3.63, 3.8) is 0 Å². The normalized spacial score (nSPS) is 18.7. The fourth-order valence-electron chi connectivity index (χ4n) is 2.81. The summed E-state index contributed by atoms with van der Waals surface area (Å²) in [5, 5.41) is 7.78. The van der Waals surface area contributed by atoms with Crippen LogP contribution in [0.3, 0.4) is 0 Å². The van der Waals surface area contributed by atoms with E-state index in [0.717, 1.165) is 50.7 Å². The lowest BCUT2D eigenvalue weighted by atomic mass is 10.2. The van der Waals surface area contributed by atoms with Crippen molar-refractivity contribution in [2.45, 2.75) is 26.3 Å². The van der Waals surface area contributed by atoms with Gasteiger partial charge in [-0.15, -0.1) is 0 Å². The Labute approximate surface area is 131 Å². The number of hydrogen-bond acceptors (Lipinski definition) is 6. The van der Waals surface area contributed by atoms with E-state index in [9.17, 15) is 0 Å². The molecule has 1 N–H and O–H groups in total. The zero-order chi connectivity index (χ0) is 15.5. The molecule has 7 heteroatoms. The highest BCUT2D eigenvalue weighted by atomic mass is 15.4. The van der Waals surface area contributed by atoms with Gasteiger partial charge < -0.3 is 10.2 Å². The van der Waals surface area contributed by atoms with Crippen molar-refractivity contribution >= 4 is 11.6 Å². The van der Waals surface area contributed by atoms with Crippen LogP contribution >= 0.6 is 0 Å². The van der Waals surface area contributed by atoms with Crippen molar-refractivity contribution in [2.75, 3.05) is 45.1 Å². The number of anilines is 1. The number of nitrogens with zero attached hydrogens (tertiary/aromatic N) is 6. The third-order valence-electron chi connectivity index (χ3n) is 4.41. The highest BCUT2D eigenvalue weighted by Gasteiger charge is 2.19. The first kappa shape index (κ1) is 15.2. The number of likely N-dealkylation sites (N-methyl/N-ethyl adjacent to an activating group) is 1. The summed E-state index contributed by atoms with van der Waals surface area (Å²) in [6, 6.07) is 2.56. The largest absolute Gasteiger partial charge is 0.368 e. The Morgan fingerprint density at radius 1 is 1.27 bits per heavy atom. The predicted octanol–water partition coefficient (Wildman–Crippen LogP) is 0.735. The van der Waals surface area contributed by atoms with Crippen LogP contribution in [-0.2, 0) is 6.42 Å². The van der Waals surface area contributed by atoms with Crippen molar-refractivity contribution in [3.8, 4) is 0 Å². The first-order chi connectivity index (χ1) is 10.7. The molecule has 1 unspecified atom stereocenters. The molecule has 0 radical (unpaired) electrons.